The Kier molecular flexibility index (Phi) is 5.26. The minimum Gasteiger partial charge on any atom is -0.307 e. The van der Waals surface area contributed by atoms with Crippen LogP contribution in [0.15, 0.2) is 12.1 Å². The molecule has 1 nitrogen and oxygen atoms in total. The predicted octanol–water partition coefficient (Wildman–Crippen LogP) is 5.23. The van der Waals surface area contributed by atoms with Gasteiger partial charge in [-0.25, -0.2) is 0 Å². The van der Waals surface area contributed by atoms with Crippen molar-refractivity contribution in [2.24, 2.45) is 5.92 Å². The van der Waals surface area contributed by atoms with Gasteiger partial charge >= 0.3 is 0 Å². The number of aryl methyl sites for hydroxylation is 3. The highest BCUT2D eigenvalue weighted by Gasteiger charge is 2.22. The van der Waals surface area contributed by atoms with Crippen molar-refractivity contribution < 1.29 is 0 Å². The lowest BCUT2D eigenvalue weighted by atomic mass is 9.84. The van der Waals surface area contributed by atoms with Gasteiger partial charge < -0.3 is 5.32 Å². The Morgan fingerprint density at radius 3 is 2.15 bits per heavy atom. The summed E-state index contributed by atoms with van der Waals surface area (Å²) in [6.45, 7) is 11.4. The average Bonchev–Trinajstić information content (AvgIpc) is 2.43. The van der Waals surface area contributed by atoms with E-state index < -0.39 is 0 Å². The van der Waals surface area contributed by atoms with Gasteiger partial charge in [-0.3, -0.25) is 0 Å². The van der Waals surface area contributed by atoms with Gasteiger partial charge in [0, 0.05) is 12.1 Å². The number of rotatable bonds is 4. The first kappa shape index (κ1) is 15.6. The summed E-state index contributed by atoms with van der Waals surface area (Å²) in [5.74, 6) is 0.873. The van der Waals surface area contributed by atoms with Gasteiger partial charge in [0.1, 0.15) is 0 Å². The molecule has 1 aliphatic carbocycles. The predicted molar refractivity (Wildman–Crippen MR) is 88.2 cm³/mol. The van der Waals surface area contributed by atoms with Gasteiger partial charge in [0.15, 0.2) is 0 Å². The molecule has 2 rings (SSSR count). The van der Waals surface area contributed by atoms with Crippen LogP contribution in [0.3, 0.4) is 0 Å². The van der Waals surface area contributed by atoms with Gasteiger partial charge in [-0.2, -0.15) is 0 Å². The van der Waals surface area contributed by atoms with Gasteiger partial charge in [0.25, 0.3) is 0 Å². The lowest BCUT2D eigenvalue weighted by Crippen LogP contribution is -2.36. The zero-order valence-electron chi connectivity index (χ0n) is 13.9. The molecule has 0 spiro atoms. The van der Waals surface area contributed by atoms with Crippen LogP contribution in [0.1, 0.15) is 74.2 Å². The first-order valence-electron chi connectivity index (χ1n) is 8.33. The average molecular weight is 273 g/mol. The molecule has 1 aromatic carbocycles. The molecule has 0 aromatic heterocycles. The molecule has 0 aliphatic heterocycles. The first-order valence-corrected chi connectivity index (χ1v) is 8.33. The van der Waals surface area contributed by atoms with Crippen molar-refractivity contribution in [3.8, 4) is 0 Å². The van der Waals surface area contributed by atoms with E-state index in [4.69, 9.17) is 0 Å². The second kappa shape index (κ2) is 6.76. The number of hydrogen-bond donors (Lipinski definition) is 1. The molecule has 0 heterocycles. The van der Waals surface area contributed by atoms with Crippen LogP contribution in [0.2, 0.25) is 0 Å². The Bertz CT molecular complexity index is 443. The highest BCUT2D eigenvalue weighted by Crippen LogP contribution is 2.28. The van der Waals surface area contributed by atoms with E-state index in [-0.39, 0.29) is 0 Å². The fourth-order valence-corrected chi connectivity index (χ4v) is 3.70. The lowest BCUT2D eigenvalue weighted by molar-refractivity contribution is 0.268. The van der Waals surface area contributed by atoms with Gasteiger partial charge in [0.2, 0.25) is 0 Å². The van der Waals surface area contributed by atoms with E-state index in [9.17, 15) is 0 Å². The summed E-state index contributed by atoms with van der Waals surface area (Å²) in [7, 11) is 0. The van der Waals surface area contributed by atoms with Gasteiger partial charge in [-0.15, -0.1) is 0 Å². The van der Waals surface area contributed by atoms with Crippen molar-refractivity contribution in [3.05, 3.63) is 34.4 Å². The molecule has 1 fully saturated rings. The van der Waals surface area contributed by atoms with Crippen molar-refractivity contribution in [1.82, 2.24) is 5.32 Å². The number of nitrogens with one attached hydrogen (secondary N) is 1. The van der Waals surface area contributed by atoms with Crippen LogP contribution in [-0.4, -0.2) is 6.04 Å². The summed E-state index contributed by atoms with van der Waals surface area (Å²) in [5.41, 5.74) is 5.70. The molecule has 1 N–H and O–H groups in total. The van der Waals surface area contributed by atoms with Gasteiger partial charge in [0.05, 0.1) is 0 Å². The zero-order valence-corrected chi connectivity index (χ0v) is 13.9. The van der Waals surface area contributed by atoms with Crippen LogP contribution < -0.4 is 5.32 Å². The lowest BCUT2D eigenvalue weighted by Gasteiger charge is -2.31. The van der Waals surface area contributed by atoms with E-state index in [1.54, 1.807) is 0 Å². The van der Waals surface area contributed by atoms with Crippen LogP contribution in [-0.2, 0) is 0 Å². The van der Waals surface area contributed by atoms with Crippen LogP contribution in [0.4, 0.5) is 0 Å². The molecule has 0 bridgehead atoms. The van der Waals surface area contributed by atoms with Crippen molar-refractivity contribution in [2.45, 2.75) is 78.8 Å². The summed E-state index contributed by atoms with van der Waals surface area (Å²) in [6.07, 6.45) is 7.11. The monoisotopic (exact) mass is 273 g/mol. The molecule has 112 valence electrons. The quantitative estimate of drug-likeness (QED) is 0.792. The summed E-state index contributed by atoms with van der Waals surface area (Å²) < 4.78 is 0. The third kappa shape index (κ3) is 3.63. The van der Waals surface area contributed by atoms with E-state index in [0.29, 0.717) is 12.1 Å². The normalized spacial score (nSPS) is 19.9. The molecule has 1 heteroatoms. The Morgan fingerprint density at radius 1 is 0.900 bits per heavy atom. The molecular weight excluding hydrogens is 242 g/mol. The van der Waals surface area contributed by atoms with Crippen LogP contribution in [0.25, 0.3) is 0 Å². The Labute approximate surface area is 125 Å². The summed E-state index contributed by atoms with van der Waals surface area (Å²) in [5, 5.41) is 3.85. The second-order valence-corrected chi connectivity index (χ2v) is 6.87. The highest BCUT2D eigenvalue weighted by molar-refractivity contribution is 5.38. The van der Waals surface area contributed by atoms with Crippen LogP contribution >= 0.6 is 0 Å². The Morgan fingerprint density at radius 2 is 1.50 bits per heavy atom. The molecule has 1 aliphatic rings. The fourth-order valence-electron chi connectivity index (χ4n) is 3.70. The maximum atomic E-state index is 3.85. The minimum atomic E-state index is 0.450. The third-order valence-corrected chi connectivity index (χ3v) is 5.22. The summed E-state index contributed by atoms with van der Waals surface area (Å²) in [4.78, 5) is 0. The van der Waals surface area contributed by atoms with E-state index in [2.05, 4.69) is 52.1 Å². The van der Waals surface area contributed by atoms with Crippen molar-refractivity contribution in [1.29, 1.82) is 0 Å². The highest BCUT2D eigenvalue weighted by atomic mass is 14.9. The maximum Gasteiger partial charge on any atom is 0.0297 e. The first-order chi connectivity index (χ1) is 9.49. The van der Waals surface area contributed by atoms with E-state index in [1.165, 1.54) is 54.4 Å². The molecule has 0 radical (unpaired) electrons. The number of benzene rings is 1. The van der Waals surface area contributed by atoms with Crippen LogP contribution in [0, 0.1) is 26.7 Å². The largest absolute Gasteiger partial charge is 0.307 e. The number of hydrogen-bond acceptors (Lipinski definition) is 1. The molecule has 1 aromatic rings. The molecule has 1 saturated carbocycles. The molecule has 0 saturated heterocycles. The SMILES string of the molecule is Cc1cc(C)c(C(C)N[C@H](C)C2CCCCC2)cc1C. The smallest absolute Gasteiger partial charge is 0.0297 e. The maximum absolute atomic E-state index is 3.85. The summed E-state index contributed by atoms with van der Waals surface area (Å²) in [6, 6.07) is 5.78. The van der Waals surface area contributed by atoms with Gasteiger partial charge in [-0.1, -0.05) is 31.4 Å². The second-order valence-electron chi connectivity index (χ2n) is 6.87. The molecule has 2 atom stereocenters. The van der Waals surface area contributed by atoms with Crippen molar-refractivity contribution >= 4 is 0 Å². The van der Waals surface area contributed by atoms with Crippen molar-refractivity contribution in [3.63, 3.8) is 0 Å². The topological polar surface area (TPSA) is 12.0 Å². The van der Waals surface area contributed by atoms with Crippen LogP contribution in [0.5, 0.6) is 0 Å². The molecule has 0 amide bonds. The molecule has 1 unspecified atom stereocenters. The Balaban J connectivity index is 2.03. The van der Waals surface area contributed by atoms with Gasteiger partial charge in [-0.05, 0) is 75.6 Å². The minimum absolute atomic E-state index is 0.450. The Hall–Kier alpha value is -0.820. The molecular formula is C19H31N. The fraction of sp³-hybridized carbons (Fsp3) is 0.684. The molecule has 20 heavy (non-hydrogen) atoms. The standard InChI is InChI=1S/C19H31N/c1-13-11-15(3)19(12-14(13)2)17(5)20-16(4)18-9-7-6-8-10-18/h11-12,16-18,20H,6-10H2,1-5H3/t16-,17?/m1/s1. The summed E-state index contributed by atoms with van der Waals surface area (Å²) >= 11 is 0. The van der Waals surface area contributed by atoms with Crippen molar-refractivity contribution in [2.75, 3.05) is 0 Å². The van der Waals surface area contributed by atoms with E-state index >= 15 is 0 Å². The van der Waals surface area contributed by atoms with E-state index in [0.717, 1.165) is 5.92 Å². The third-order valence-electron chi connectivity index (χ3n) is 5.22. The van der Waals surface area contributed by atoms with E-state index in [1.807, 2.05) is 0 Å². The zero-order chi connectivity index (χ0) is 14.7.